The van der Waals surface area contributed by atoms with Gasteiger partial charge in [-0.1, -0.05) is 38.3 Å². The fraction of sp³-hybridized carbons (Fsp3) is 0.733. The molecule has 1 fully saturated rings. The minimum Gasteiger partial charge on any atom is -0.481 e. The second kappa shape index (κ2) is 8.61. The number of alkyl carbamates (subject to hydrolysis) is 1. The molecule has 1 rings (SSSR count). The standard InChI is InChI=1S/C15H25NO4/c1-2-12-20-14(19)16-15(9-5-3-6-10-15)11-7-4-8-13(17)18/h2H,1,3-12H2,(H,16,19)(H,17,18). The van der Waals surface area contributed by atoms with Gasteiger partial charge in [0.1, 0.15) is 6.61 Å². The Morgan fingerprint density at radius 3 is 2.55 bits per heavy atom. The predicted octanol–water partition coefficient (Wildman–Crippen LogP) is 3.25. The number of carboxylic acids is 1. The first-order valence-corrected chi connectivity index (χ1v) is 7.36. The van der Waals surface area contributed by atoms with E-state index in [-0.39, 0.29) is 18.6 Å². The third-order valence-corrected chi connectivity index (χ3v) is 3.81. The van der Waals surface area contributed by atoms with E-state index in [1.165, 1.54) is 6.42 Å². The van der Waals surface area contributed by atoms with Crippen molar-refractivity contribution in [3.63, 3.8) is 0 Å². The van der Waals surface area contributed by atoms with Crippen LogP contribution >= 0.6 is 0 Å². The average molecular weight is 283 g/mol. The molecule has 0 heterocycles. The summed E-state index contributed by atoms with van der Waals surface area (Å²) in [7, 11) is 0. The largest absolute Gasteiger partial charge is 0.481 e. The highest BCUT2D eigenvalue weighted by Gasteiger charge is 2.33. The second-order valence-corrected chi connectivity index (χ2v) is 5.45. The molecule has 0 aromatic rings. The lowest BCUT2D eigenvalue weighted by Gasteiger charge is -2.38. The summed E-state index contributed by atoms with van der Waals surface area (Å²) in [5, 5.41) is 11.7. The van der Waals surface area contributed by atoms with Gasteiger partial charge in [-0.25, -0.2) is 4.79 Å². The number of carbonyl (C=O) groups excluding carboxylic acids is 1. The van der Waals surface area contributed by atoms with Crippen molar-refractivity contribution in [1.29, 1.82) is 0 Å². The number of aliphatic carboxylic acids is 1. The Balaban J connectivity index is 2.45. The number of unbranched alkanes of at least 4 members (excludes halogenated alkanes) is 1. The molecular formula is C15H25NO4. The summed E-state index contributed by atoms with van der Waals surface area (Å²) in [5.41, 5.74) is -0.213. The zero-order valence-electron chi connectivity index (χ0n) is 12.0. The molecule has 0 saturated heterocycles. The van der Waals surface area contributed by atoms with Crippen molar-refractivity contribution in [1.82, 2.24) is 5.32 Å². The lowest BCUT2D eigenvalue weighted by molar-refractivity contribution is -0.137. The molecular weight excluding hydrogens is 258 g/mol. The maximum absolute atomic E-state index is 11.7. The minimum atomic E-state index is -0.763. The van der Waals surface area contributed by atoms with Crippen molar-refractivity contribution in [3.8, 4) is 0 Å². The summed E-state index contributed by atoms with van der Waals surface area (Å²) in [6, 6.07) is 0. The summed E-state index contributed by atoms with van der Waals surface area (Å²) in [6.45, 7) is 3.72. The van der Waals surface area contributed by atoms with Crippen molar-refractivity contribution in [2.45, 2.75) is 63.3 Å². The summed E-state index contributed by atoms with van der Waals surface area (Å²) in [4.78, 5) is 22.3. The van der Waals surface area contributed by atoms with Crippen LogP contribution in [0.15, 0.2) is 12.7 Å². The molecule has 0 aliphatic heterocycles. The van der Waals surface area contributed by atoms with Gasteiger partial charge in [-0.15, -0.1) is 0 Å². The lowest BCUT2D eigenvalue weighted by Crippen LogP contribution is -2.50. The van der Waals surface area contributed by atoms with E-state index >= 15 is 0 Å². The van der Waals surface area contributed by atoms with Gasteiger partial charge in [-0.3, -0.25) is 4.79 Å². The van der Waals surface area contributed by atoms with Gasteiger partial charge in [0.2, 0.25) is 0 Å². The molecule has 0 bridgehead atoms. The molecule has 2 N–H and O–H groups in total. The van der Waals surface area contributed by atoms with Crippen LogP contribution in [-0.2, 0) is 9.53 Å². The summed E-state index contributed by atoms with van der Waals surface area (Å²) < 4.78 is 5.00. The number of carbonyl (C=O) groups is 2. The molecule has 1 aliphatic rings. The smallest absolute Gasteiger partial charge is 0.407 e. The Morgan fingerprint density at radius 2 is 1.95 bits per heavy atom. The highest BCUT2D eigenvalue weighted by atomic mass is 16.5. The van der Waals surface area contributed by atoms with Crippen molar-refractivity contribution in [3.05, 3.63) is 12.7 Å². The number of carboxylic acid groups (broad SMARTS) is 1. The average Bonchev–Trinajstić information content (AvgIpc) is 2.42. The van der Waals surface area contributed by atoms with Gasteiger partial charge in [0.05, 0.1) is 0 Å². The van der Waals surface area contributed by atoms with Crippen molar-refractivity contribution in [2.24, 2.45) is 0 Å². The molecule has 5 heteroatoms. The highest BCUT2D eigenvalue weighted by molar-refractivity contribution is 5.68. The van der Waals surface area contributed by atoms with Gasteiger partial charge in [0, 0.05) is 12.0 Å². The molecule has 1 aliphatic carbocycles. The number of nitrogens with one attached hydrogen (secondary N) is 1. The molecule has 0 aromatic heterocycles. The summed E-state index contributed by atoms with van der Waals surface area (Å²) in [6.07, 6.45) is 8.91. The number of ether oxygens (including phenoxy) is 1. The van der Waals surface area contributed by atoms with Crippen LogP contribution in [0.25, 0.3) is 0 Å². The highest BCUT2D eigenvalue weighted by Crippen LogP contribution is 2.32. The predicted molar refractivity (Wildman–Crippen MR) is 76.6 cm³/mol. The zero-order valence-corrected chi connectivity index (χ0v) is 12.0. The number of amides is 1. The van der Waals surface area contributed by atoms with E-state index in [1.807, 2.05) is 0 Å². The van der Waals surface area contributed by atoms with E-state index < -0.39 is 12.1 Å². The van der Waals surface area contributed by atoms with E-state index in [1.54, 1.807) is 6.08 Å². The number of hydrogen-bond acceptors (Lipinski definition) is 3. The lowest BCUT2D eigenvalue weighted by atomic mass is 9.78. The van der Waals surface area contributed by atoms with E-state index in [9.17, 15) is 9.59 Å². The monoisotopic (exact) mass is 283 g/mol. The fourth-order valence-electron chi connectivity index (χ4n) is 2.79. The van der Waals surface area contributed by atoms with Crippen LogP contribution in [0.2, 0.25) is 0 Å². The van der Waals surface area contributed by atoms with Crippen LogP contribution in [-0.4, -0.2) is 29.3 Å². The molecule has 1 amide bonds. The van der Waals surface area contributed by atoms with Gasteiger partial charge >= 0.3 is 12.1 Å². The van der Waals surface area contributed by atoms with Crippen LogP contribution in [0.1, 0.15) is 57.8 Å². The Morgan fingerprint density at radius 1 is 1.25 bits per heavy atom. The Bertz CT molecular complexity index is 335. The normalized spacial score (nSPS) is 17.2. The summed E-state index contributed by atoms with van der Waals surface area (Å²) >= 11 is 0. The van der Waals surface area contributed by atoms with Gasteiger partial charge in [0.25, 0.3) is 0 Å². The Hall–Kier alpha value is -1.52. The molecule has 0 spiro atoms. The van der Waals surface area contributed by atoms with Gasteiger partial charge < -0.3 is 15.2 Å². The molecule has 5 nitrogen and oxygen atoms in total. The van der Waals surface area contributed by atoms with Gasteiger partial charge in [-0.2, -0.15) is 0 Å². The molecule has 0 aromatic carbocycles. The van der Waals surface area contributed by atoms with Gasteiger partial charge in [0.15, 0.2) is 0 Å². The first kappa shape index (κ1) is 16.5. The Kier molecular flexibility index (Phi) is 7.12. The third kappa shape index (κ3) is 6.08. The topological polar surface area (TPSA) is 75.6 Å². The SMILES string of the molecule is C=CCOC(=O)NC1(CCCCC(=O)O)CCCCC1. The van der Waals surface area contributed by atoms with Crippen LogP contribution in [0.3, 0.4) is 0 Å². The van der Waals surface area contributed by atoms with Crippen molar-refractivity contribution >= 4 is 12.1 Å². The van der Waals surface area contributed by atoms with E-state index in [4.69, 9.17) is 9.84 Å². The minimum absolute atomic E-state index is 0.191. The molecule has 114 valence electrons. The van der Waals surface area contributed by atoms with Crippen LogP contribution in [0, 0.1) is 0 Å². The first-order chi connectivity index (χ1) is 9.58. The third-order valence-electron chi connectivity index (χ3n) is 3.81. The number of rotatable bonds is 8. The van der Waals surface area contributed by atoms with Crippen LogP contribution in [0.4, 0.5) is 4.79 Å². The van der Waals surface area contributed by atoms with E-state index in [0.717, 1.165) is 38.5 Å². The zero-order chi connectivity index (χ0) is 14.8. The second-order valence-electron chi connectivity index (χ2n) is 5.45. The van der Waals surface area contributed by atoms with E-state index in [2.05, 4.69) is 11.9 Å². The fourth-order valence-corrected chi connectivity index (χ4v) is 2.79. The quantitative estimate of drug-likeness (QED) is 0.529. The molecule has 0 unspecified atom stereocenters. The number of hydrogen-bond donors (Lipinski definition) is 2. The molecule has 20 heavy (non-hydrogen) atoms. The van der Waals surface area contributed by atoms with Crippen LogP contribution in [0.5, 0.6) is 0 Å². The van der Waals surface area contributed by atoms with Crippen molar-refractivity contribution < 1.29 is 19.4 Å². The molecule has 0 radical (unpaired) electrons. The Labute approximate surface area is 120 Å². The van der Waals surface area contributed by atoms with Crippen LogP contribution < -0.4 is 5.32 Å². The first-order valence-electron chi connectivity index (χ1n) is 7.36. The summed E-state index contributed by atoms with van der Waals surface area (Å²) in [5.74, 6) is -0.763. The molecule has 0 atom stereocenters. The van der Waals surface area contributed by atoms with E-state index in [0.29, 0.717) is 6.42 Å². The van der Waals surface area contributed by atoms with Crippen molar-refractivity contribution in [2.75, 3.05) is 6.61 Å². The van der Waals surface area contributed by atoms with Gasteiger partial charge in [-0.05, 0) is 25.7 Å². The maximum Gasteiger partial charge on any atom is 0.407 e. The molecule has 1 saturated carbocycles. The maximum atomic E-state index is 11.7.